The van der Waals surface area contributed by atoms with Crippen LogP contribution in [-0.2, 0) is 19.4 Å². The van der Waals surface area contributed by atoms with E-state index in [1.54, 1.807) is 12.1 Å². The van der Waals surface area contributed by atoms with Gasteiger partial charge in [0.1, 0.15) is 12.4 Å². The van der Waals surface area contributed by atoms with Crippen molar-refractivity contribution in [1.82, 2.24) is 19.7 Å². The summed E-state index contributed by atoms with van der Waals surface area (Å²) in [5, 5.41) is 10.5. The molecule has 8 heteroatoms. The van der Waals surface area contributed by atoms with Crippen LogP contribution in [0.25, 0.3) is 10.9 Å². The van der Waals surface area contributed by atoms with Gasteiger partial charge in [-0.15, -0.1) is 10.2 Å². The van der Waals surface area contributed by atoms with Crippen molar-refractivity contribution in [3.8, 4) is 5.75 Å². The number of fused-ring (bicyclic) bond motifs is 1. The molecule has 0 saturated carbocycles. The van der Waals surface area contributed by atoms with E-state index in [-0.39, 0.29) is 12.0 Å². The van der Waals surface area contributed by atoms with Crippen molar-refractivity contribution in [2.24, 2.45) is 7.05 Å². The van der Waals surface area contributed by atoms with Crippen LogP contribution >= 0.6 is 23.4 Å². The quantitative estimate of drug-likeness (QED) is 0.436. The van der Waals surface area contributed by atoms with Gasteiger partial charge in [-0.05, 0) is 37.1 Å². The predicted molar refractivity (Wildman–Crippen MR) is 120 cm³/mol. The maximum absolute atomic E-state index is 12.6. The highest BCUT2D eigenvalue weighted by atomic mass is 35.5. The number of aromatic nitrogens is 4. The molecule has 154 valence electrons. The molecule has 0 aliphatic carbocycles. The molecule has 0 fully saturated rings. The van der Waals surface area contributed by atoms with E-state index in [9.17, 15) is 4.79 Å². The predicted octanol–water partition coefficient (Wildman–Crippen LogP) is 4.80. The Morgan fingerprint density at radius 1 is 1.13 bits per heavy atom. The lowest BCUT2D eigenvalue weighted by Crippen LogP contribution is -2.07. The van der Waals surface area contributed by atoms with Gasteiger partial charge in [0.15, 0.2) is 16.4 Å². The zero-order chi connectivity index (χ0) is 21.3. The van der Waals surface area contributed by atoms with Crippen LogP contribution in [0.1, 0.15) is 22.6 Å². The summed E-state index contributed by atoms with van der Waals surface area (Å²) in [4.78, 5) is 16.0. The Hall–Kier alpha value is -2.77. The third-order valence-electron chi connectivity index (χ3n) is 4.93. The van der Waals surface area contributed by atoms with Crippen molar-refractivity contribution in [3.63, 3.8) is 0 Å². The summed E-state index contributed by atoms with van der Waals surface area (Å²) >= 11 is 7.64. The van der Waals surface area contributed by atoms with Crippen LogP contribution in [0.3, 0.4) is 0 Å². The Balaban J connectivity index is 1.49. The van der Waals surface area contributed by atoms with Crippen molar-refractivity contribution in [1.29, 1.82) is 0 Å². The Morgan fingerprint density at radius 3 is 2.70 bits per heavy atom. The SMILES string of the molecule is Cc1ccc(C)c2c(=O)cc(CSc3nnc(COc4ccccc4Cl)n3C)[nH]c12. The van der Waals surface area contributed by atoms with Crippen LogP contribution in [0.4, 0.5) is 0 Å². The fourth-order valence-corrected chi connectivity index (χ4v) is 4.27. The molecule has 2 aromatic heterocycles. The molecule has 4 rings (SSSR count). The third-order valence-corrected chi connectivity index (χ3v) is 6.32. The van der Waals surface area contributed by atoms with Gasteiger partial charge in [-0.3, -0.25) is 4.79 Å². The van der Waals surface area contributed by atoms with E-state index in [0.717, 1.165) is 32.9 Å². The molecule has 0 amide bonds. The number of pyridine rings is 1. The fraction of sp³-hybridized carbons (Fsp3) is 0.227. The van der Waals surface area contributed by atoms with Crippen LogP contribution in [0.15, 0.2) is 52.4 Å². The number of rotatable bonds is 6. The Kier molecular flexibility index (Phi) is 5.83. The van der Waals surface area contributed by atoms with Gasteiger partial charge in [-0.1, -0.05) is 47.6 Å². The average molecular weight is 441 g/mol. The summed E-state index contributed by atoms with van der Waals surface area (Å²) in [6.07, 6.45) is 0. The molecule has 2 aromatic carbocycles. The molecular formula is C22H21ClN4O2S. The number of nitrogens with zero attached hydrogens (tertiary/aromatic N) is 3. The first-order chi connectivity index (χ1) is 14.4. The topological polar surface area (TPSA) is 72.8 Å². The van der Waals surface area contributed by atoms with Gasteiger partial charge >= 0.3 is 0 Å². The summed E-state index contributed by atoms with van der Waals surface area (Å²) < 4.78 is 7.64. The first kappa shape index (κ1) is 20.5. The molecular weight excluding hydrogens is 420 g/mol. The van der Waals surface area contributed by atoms with Crippen molar-refractivity contribution in [2.45, 2.75) is 31.4 Å². The van der Waals surface area contributed by atoms with Crippen LogP contribution in [0.5, 0.6) is 5.75 Å². The minimum atomic E-state index is 0.0346. The molecule has 1 N–H and O–H groups in total. The van der Waals surface area contributed by atoms with Gasteiger partial charge in [-0.2, -0.15) is 0 Å². The highest BCUT2D eigenvalue weighted by molar-refractivity contribution is 7.98. The molecule has 0 saturated heterocycles. The van der Waals surface area contributed by atoms with Gasteiger partial charge in [0, 0.05) is 29.9 Å². The summed E-state index contributed by atoms with van der Waals surface area (Å²) in [6.45, 7) is 4.22. The monoisotopic (exact) mass is 440 g/mol. The van der Waals surface area contributed by atoms with Crippen LogP contribution in [0.2, 0.25) is 5.02 Å². The smallest absolute Gasteiger partial charge is 0.191 e. The number of ether oxygens (including phenoxy) is 1. The molecule has 30 heavy (non-hydrogen) atoms. The standard InChI is InChI=1S/C22H21ClN4O2S/c1-13-8-9-14(2)21-20(13)17(28)10-15(24-21)12-30-22-26-25-19(27(22)3)11-29-18-7-5-4-6-16(18)23/h4-10H,11-12H2,1-3H3,(H,24,28). The molecule has 0 bridgehead atoms. The molecule has 0 unspecified atom stereocenters. The first-order valence-corrected chi connectivity index (χ1v) is 10.8. The van der Waals surface area contributed by atoms with E-state index in [1.165, 1.54) is 11.8 Å². The van der Waals surface area contributed by atoms with Crippen molar-refractivity contribution in [2.75, 3.05) is 0 Å². The summed E-state index contributed by atoms with van der Waals surface area (Å²) in [5.41, 5.74) is 3.81. The number of H-pyrrole nitrogens is 1. The lowest BCUT2D eigenvalue weighted by atomic mass is 10.0. The number of hydrogen-bond donors (Lipinski definition) is 1. The van der Waals surface area contributed by atoms with Gasteiger partial charge in [-0.25, -0.2) is 0 Å². The molecule has 4 aromatic rings. The zero-order valence-electron chi connectivity index (χ0n) is 16.9. The maximum Gasteiger partial charge on any atom is 0.191 e. The summed E-state index contributed by atoms with van der Waals surface area (Å²) in [7, 11) is 1.89. The molecule has 0 spiro atoms. The maximum atomic E-state index is 12.6. The summed E-state index contributed by atoms with van der Waals surface area (Å²) in [6, 6.07) is 13.0. The number of benzene rings is 2. The van der Waals surface area contributed by atoms with E-state index >= 15 is 0 Å². The number of hydrogen-bond acceptors (Lipinski definition) is 5. The number of thioether (sulfide) groups is 1. The van der Waals surface area contributed by atoms with E-state index in [2.05, 4.69) is 15.2 Å². The first-order valence-electron chi connectivity index (χ1n) is 9.44. The molecule has 0 aliphatic heterocycles. The minimum absolute atomic E-state index is 0.0346. The lowest BCUT2D eigenvalue weighted by Gasteiger charge is -2.09. The highest BCUT2D eigenvalue weighted by Crippen LogP contribution is 2.25. The van der Waals surface area contributed by atoms with E-state index in [4.69, 9.17) is 16.3 Å². The van der Waals surface area contributed by atoms with E-state index < -0.39 is 0 Å². The largest absolute Gasteiger partial charge is 0.484 e. The Bertz CT molecular complexity index is 1280. The number of aryl methyl sites for hydroxylation is 2. The second-order valence-electron chi connectivity index (χ2n) is 7.07. The number of nitrogens with one attached hydrogen (secondary N) is 1. The Morgan fingerprint density at radius 2 is 1.90 bits per heavy atom. The normalized spacial score (nSPS) is 11.2. The van der Waals surface area contributed by atoms with Gasteiger partial charge < -0.3 is 14.3 Å². The minimum Gasteiger partial charge on any atom is -0.484 e. The molecule has 0 aliphatic rings. The number of para-hydroxylation sites is 1. The van der Waals surface area contributed by atoms with Crippen molar-refractivity contribution >= 4 is 34.3 Å². The van der Waals surface area contributed by atoms with Crippen molar-refractivity contribution < 1.29 is 4.74 Å². The average Bonchev–Trinajstić information content (AvgIpc) is 3.08. The van der Waals surface area contributed by atoms with E-state index in [0.29, 0.717) is 22.3 Å². The van der Waals surface area contributed by atoms with Crippen molar-refractivity contribution in [3.05, 3.63) is 80.4 Å². The van der Waals surface area contributed by atoms with Crippen LogP contribution in [0, 0.1) is 13.8 Å². The molecule has 2 heterocycles. The molecule has 0 radical (unpaired) electrons. The number of halogens is 1. The van der Waals surface area contributed by atoms with Gasteiger partial charge in [0.25, 0.3) is 0 Å². The second-order valence-corrected chi connectivity index (χ2v) is 8.42. The van der Waals surface area contributed by atoms with Gasteiger partial charge in [0.2, 0.25) is 0 Å². The van der Waals surface area contributed by atoms with E-state index in [1.807, 2.05) is 55.8 Å². The van der Waals surface area contributed by atoms with Crippen LogP contribution < -0.4 is 10.2 Å². The molecule has 0 atom stereocenters. The number of aromatic amines is 1. The Labute approximate surface area is 183 Å². The third kappa shape index (κ3) is 4.08. The fourth-order valence-electron chi connectivity index (χ4n) is 3.24. The second kappa shape index (κ2) is 8.53. The van der Waals surface area contributed by atoms with Crippen LogP contribution in [-0.4, -0.2) is 19.7 Å². The molecule has 6 nitrogen and oxygen atoms in total. The highest BCUT2D eigenvalue weighted by Gasteiger charge is 2.13. The zero-order valence-corrected chi connectivity index (χ0v) is 18.5. The lowest BCUT2D eigenvalue weighted by molar-refractivity contribution is 0.290. The van der Waals surface area contributed by atoms with Gasteiger partial charge in [0.05, 0.1) is 10.5 Å². The summed E-state index contributed by atoms with van der Waals surface area (Å²) in [5.74, 6) is 1.88.